The van der Waals surface area contributed by atoms with Crippen LogP contribution in [0.25, 0.3) is 5.69 Å². The molecule has 4 aromatic rings. The Hall–Kier alpha value is -2.79. The van der Waals surface area contributed by atoms with Gasteiger partial charge in [0.15, 0.2) is 16.7 Å². The normalized spacial score (nSPS) is 11.8. The molecule has 0 bridgehead atoms. The SMILES string of the molecule is COc1cc([C@H](C[N+](=O)[O-])Sc2nnc(C)n2-c2cccc(C)c2)cc(Br)c1OCc1ccc(Cl)c(Cl)c1. The molecule has 4 rings (SSSR count). The highest BCUT2D eigenvalue weighted by molar-refractivity contribution is 9.10. The van der Waals surface area contributed by atoms with Crippen molar-refractivity contribution in [3.63, 3.8) is 0 Å². The molecule has 0 saturated heterocycles. The van der Waals surface area contributed by atoms with Crippen LogP contribution in [-0.4, -0.2) is 33.3 Å². The molecule has 0 aliphatic rings. The van der Waals surface area contributed by atoms with Crippen molar-refractivity contribution in [3.8, 4) is 17.2 Å². The summed E-state index contributed by atoms with van der Waals surface area (Å²) in [4.78, 5) is 11.3. The van der Waals surface area contributed by atoms with E-state index >= 15 is 0 Å². The molecule has 3 aromatic carbocycles. The van der Waals surface area contributed by atoms with Gasteiger partial charge in [0.25, 0.3) is 0 Å². The van der Waals surface area contributed by atoms with Gasteiger partial charge in [0.2, 0.25) is 6.54 Å². The number of halogens is 3. The van der Waals surface area contributed by atoms with E-state index in [-0.39, 0.29) is 18.1 Å². The molecule has 8 nitrogen and oxygen atoms in total. The van der Waals surface area contributed by atoms with Crippen LogP contribution in [0.15, 0.2) is 64.2 Å². The summed E-state index contributed by atoms with van der Waals surface area (Å²) in [5, 5.41) is 21.1. The number of nitrogens with zero attached hydrogens (tertiary/aromatic N) is 4. The molecule has 1 heterocycles. The van der Waals surface area contributed by atoms with E-state index in [4.69, 9.17) is 32.7 Å². The minimum absolute atomic E-state index is 0.219. The molecule has 12 heteroatoms. The highest BCUT2D eigenvalue weighted by Gasteiger charge is 2.26. The van der Waals surface area contributed by atoms with Crippen molar-refractivity contribution < 1.29 is 14.4 Å². The van der Waals surface area contributed by atoms with Gasteiger partial charge >= 0.3 is 0 Å². The summed E-state index contributed by atoms with van der Waals surface area (Å²) < 4.78 is 14.1. The van der Waals surface area contributed by atoms with Crippen molar-refractivity contribution in [3.05, 3.63) is 102 Å². The molecular weight excluding hydrogens is 615 g/mol. The fourth-order valence-electron chi connectivity index (χ4n) is 3.81. The van der Waals surface area contributed by atoms with Gasteiger partial charge in [-0.05, 0) is 82.9 Å². The number of aromatic nitrogens is 3. The van der Waals surface area contributed by atoms with Crippen LogP contribution in [0.4, 0.5) is 0 Å². The third-order valence-electron chi connectivity index (χ3n) is 5.61. The quantitative estimate of drug-likeness (QED) is 0.100. The first-order chi connectivity index (χ1) is 18.2. The first kappa shape index (κ1) is 28.2. The zero-order chi connectivity index (χ0) is 27.4. The number of rotatable bonds is 10. The Morgan fingerprint density at radius 1 is 1.11 bits per heavy atom. The predicted molar refractivity (Wildman–Crippen MR) is 153 cm³/mol. The van der Waals surface area contributed by atoms with Crippen LogP contribution in [0.5, 0.6) is 11.5 Å². The average Bonchev–Trinajstić information content (AvgIpc) is 3.23. The van der Waals surface area contributed by atoms with Gasteiger partial charge in [-0.2, -0.15) is 0 Å². The molecule has 198 valence electrons. The minimum Gasteiger partial charge on any atom is -0.493 e. The van der Waals surface area contributed by atoms with E-state index in [2.05, 4.69) is 26.1 Å². The van der Waals surface area contributed by atoms with Crippen LogP contribution in [0.1, 0.15) is 27.8 Å². The third kappa shape index (κ3) is 6.61. The molecule has 1 aromatic heterocycles. The van der Waals surface area contributed by atoms with E-state index in [0.717, 1.165) is 16.8 Å². The second-order valence-electron chi connectivity index (χ2n) is 8.40. The highest BCUT2D eigenvalue weighted by Crippen LogP contribution is 2.43. The summed E-state index contributed by atoms with van der Waals surface area (Å²) >= 11 is 16.9. The molecule has 0 fully saturated rings. The maximum absolute atomic E-state index is 11.7. The first-order valence-corrected chi connectivity index (χ1v) is 13.8. The topological polar surface area (TPSA) is 92.3 Å². The smallest absolute Gasteiger partial charge is 0.220 e. The van der Waals surface area contributed by atoms with Crippen molar-refractivity contribution in [2.45, 2.75) is 30.9 Å². The summed E-state index contributed by atoms with van der Waals surface area (Å²) in [6.45, 7) is 3.74. The minimum atomic E-state index is -0.577. The number of aryl methyl sites for hydroxylation is 2. The van der Waals surface area contributed by atoms with Gasteiger partial charge in [0.05, 0.1) is 21.6 Å². The van der Waals surface area contributed by atoms with Crippen LogP contribution >= 0.6 is 50.9 Å². The van der Waals surface area contributed by atoms with E-state index in [0.29, 0.717) is 42.6 Å². The second-order valence-corrected chi connectivity index (χ2v) is 11.2. The number of methoxy groups -OCH3 is 1. The van der Waals surface area contributed by atoms with Gasteiger partial charge in [-0.25, -0.2) is 0 Å². The second kappa shape index (κ2) is 12.4. The third-order valence-corrected chi connectivity index (χ3v) is 8.12. The molecule has 0 radical (unpaired) electrons. The van der Waals surface area contributed by atoms with Crippen molar-refractivity contribution in [2.24, 2.45) is 0 Å². The monoisotopic (exact) mass is 636 g/mol. The molecule has 38 heavy (non-hydrogen) atoms. The first-order valence-electron chi connectivity index (χ1n) is 11.4. The zero-order valence-electron chi connectivity index (χ0n) is 20.7. The van der Waals surface area contributed by atoms with E-state index in [1.54, 1.807) is 24.3 Å². The maximum atomic E-state index is 11.7. The molecule has 0 unspecified atom stereocenters. The number of hydrogen-bond donors (Lipinski definition) is 0. The fourth-order valence-corrected chi connectivity index (χ4v) is 5.86. The van der Waals surface area contributed by atoms with Gasteiger partial charge < -0.3 is 9.47 Å². The number of nitro groups is 1. The van der Waals surface area contributed by atoms with Gasteiger partial charge in [-0.15, -0.1) is 10.2 Å². The molecule has 0 N–H and O–H groups in total. The van der Waals surface area contributed by atoms with Crippen LogP contribution in [0, 0.1) is 24.0 Å². The Kier molecular flexibility index (Phi) is 9.19. The molecule has 0 aliphatic heterocycles. The largest absolute Gasteiger partial charge is 0.493 e. The number of thioether (sulfide) groups is 1. The number of benzene rings is 3. The number of hydrogen-bond acceptors (Lipinski definition) is 7. The van der Waals surface area contributed by atoms with Gasteiger partial charge in [0, 0.05) is 10.6 Å². The van der Waals surface area contributed by atoms with Crippen LogP contribution in [0.2, 0.25) is 10.0 Å². The zero-order valence-corrected chi connectivity index (χ0v) is 24.6. The Morgan fingerprint density at radius 2 is 1.89 bits per heavy atom. The standard InChI is InChI=1S/C26H23BrCl2N4O4S/c1-15-5-4-6-19(9-15)33-16(2)30-31-26(33)38-24(13-32(34)35)18-11-20(27)25(23(12-18)36-3)37-14-17-7-8-21(28)22(29)10-17/h4-12,24H,13-14H2,1-3H3/t24-/m0/s1. The highest BCUT2D eigenvalue weighted by atomic mass is 79.9. The molecule has 0 spiro atoms. The fraction of sp³-hybridized carbons (Fsp3) is 0.231. The summed E-state index contributed by atoms with van der Waals surface area (Å²) in [5.41, 5.74) is 3.47. The summed E-state index contributed by atoms with van der Waals surface area (Å²) in [5.74, 6) is 1.58. The van der Waals surface area contributed by atoms with Gasteiger partial charge in [-0.1, -0.05) is 53.2 Å². The van der Waals surface area contributed by atoms with Crippen LogP contribution < -0.4 is 9.47 Å². The Balaban J connectivity index is 1.65. The summed E-state index contributed by atoms with van der Waals surface area (Å²) in [6, 6.07) is 16.7. The average molecular weight is 638 g/mol. The molecule has 1 atom stereocenters. The summed E-state index contributed by atoms with van der Waals surface area (Å²) in [6.07, 6.45) is 0. The van der Waals surface area contributed by atoms with E-state index < -0.39 is 5.25 Å². The summed E-state index contributed by atoms with van der Waals surface area (Å²) in [7, 11) is 1.52. The lowest BCUT2D eigenvalue weighted by Gasteiger charge is -2.18. The number of ether oxygens (including phenoxy) is 2. The lowest BCUT2D eigenvalue weighted by molar-refractivity contribution is -0.479. The Bertz CT molecular complexity index is 1480. The van der Waals surface area contributed by atoms with E-state index in [1.807, 2.05) is 48.7 Å². The van der Waals surface area contributed by atoms with Crippen LogP contribution in [0.3, 0.4) is 0 Å². The molecule has 0 aliphatic carbocycles. The molecule has 0 amide bonds. The van der Waals surface area contributed by atoms with Crippen molar-refractivity contribution in [1.82, 2.24) is 14.8 Å². The molecule has 0 saturated carbocycles. The van der Waals surface area contributed by atoms with Gasteiger partial charge in [-0.3, -0.25) is 14.7 Å². The van der Waals surface area contributed by atoms with Gasteiger partial charge in [0.1, 0.15) is 17.7 Å². The predicted octanol–water partition coefficient (Wildman–Crippen LogP) is 7.65. The van der Waals surface area contributed by atoms with E-state index in [9.17, 15) is 10.1 Å². The molecular formula is C26H23BrCl2N4O4S. The maximum Gasteiger partial charge on any atom is 0.220 e. The lowest BCUT2D eigenvalue weighted by Crippen LogP contribution is -2.12. The Morgan fingerprint density at radius 3 is 2.58 bits per heavy atom. The van der Waals surface area contributed by atoms with Crippen molar-refractivity contribution in [1.29, 1.82) is 0 Å². The van der Waals surface area contributed by atoms with E-state index in [1.165, 1.54) is 18.9 Å². The van der Waals surface area contributed by atoms with Crippen molar-refractivity contribution in [2.75, 3.05) is 13.7 Å². The Labute approximate surface area is 242 Å². The van der Waals surface area contributed by atoms with Crippen molar-refractivity contribution >= 4 is 50.9 Å². The lowest BCUT2D eigenvalue weighted by atomic mass is 10.1. The van der Waals surface area contributed by atoms with Crippen LogP contribution in [-0.2, 0) is 6.61 Å².